The van der Waals surface area contributed by atoms with Crippen molar-refractivity contribution in [1.29, 1.82) is 5.26 Å². The lowest BCUT2D eigenvalue weighted by Gasteiger charge is -2.21. The highest BCUT2D eigenvalue weighted by Gasteiger charge is 2.20. The van der Waals surface area contributed by atoms with Gasteiger partial charge in [0.25, 0.3) is 0 Å². The van der Waals surface area contributed by atoms with Crippen LogP contribution in [0.3, 0.4) is 0 Å². The molecular formula is C29H26N6. The van der Waals surface area contributed by atoms with Gasteiger partial charge in [-0.3, -0.25) is 9.97 Å². The summed E-state index contributed by atoms with van der Waals surface area (Å²) in [5.41, 5.74) is 4.99. The number of hydrogen-bond donors (Lipinski definition) is 1. The molecule has 0 saturated heterocycles. The van der Waals surface area contributed by atoms with Crippen LogP contribution in [-0.2, 0) is 6.54 Å². The van der Waals surface area contributed by atoms with Crippen LogP contribution in [0.5, 0.6) is 0 Å². The summed E-state index contributed by atoms with van der Waals surface area (Å²) in [5.74, 6) is 1.43. The van der Waals surface area contributed by atoms with Gasteiger partial charge in [-0.2, -0.15) is 5.26 Å². The van der Waals surface area contributed by atoms with Crippen LogP contribution in [0.25, 0.3) is 23.0 Å². The van der Waals surface area contributed by atoms with E-state index in [0.29, 0.717) is 18.3 Å². The molecule has 1 aliphatic carbocycles. The Hall–Kier alpha value is -4.37. The molecular weight excluding hydrogens is 432 g/mol. The molecule has 6 heteroatoms. The number of aromatic nitrogens is 4. The summed E-state index contributed by atoms with van der Waals surface area (Å²) in [4.78, 5) is 18.8. The molecule has 0 fully saturated rings. The third-order valence-electron chi connectivity index (χ3n) is 6.32. The summed E-state index contributed by atoms with van der Waals surface area (Å²) in [5, 5.41) is 14.8. The highest BCUT2D eigenvalue weighted by atomic mass is 15.0. The van der Waals surface area contributed by atoms with E-state index < -0.39 is 0 Å². The first-order chi connectivity index (χ1) is 17.1. The van der Waals surface area contributed by atoms with Crippen LogP contribution in [0.2, 0.25) is 0 Å². The molecule has 3 aromatic heterocycles. The Bertz CT molecular complexity index is 1510. The van der Waals surface area contributed by atoms with E-state index in [2.05, 4.69) is 58.6 Å². The summed E-state index contributed by atoms with van der Waals surface area (Å²) in [6, 6.07) is 20.6. The third-order valence-corrected chi connectivity index (χ3v) is 6.32. The summed E-state index contributed by atoms with van der Waals surface area (Å²) in [7, 11) is 0. The highest BCUT2D eigenvalue weighted by Crippen LogP contribution is 2.26. The Labute approximate surface area is 204 Å². The lowest BCUT2D eigenvalue weighted by molar-refractivity contribution is 0.768. The van der Waals surface area contributed by atoms with Crippen LogP contribution >= 0.6 is 0 Å². The van der Waals surface area contributed by atoms with Gasteiger partial charge in [0.15, 0.2) is 5.82 Å². The Morgan fingerprint density at radius 2 is 1.89 bits per heavy atom. The quantitative estimate of drug-likeness (QED) is 0.466. The van der Waals surface area contributed by atoms with Crippen molar-refractivity contribution in [3.05, 3.63) is 101 Å². The fourth-order valence-corrected chi connectivity index (χ4v) is 4.42. The average molecular weight is 459 g/mol. The van der Waals surface area contributed by atoms with Crippen molar-refractivity contribution in [3.8, 4) is 17.5 Å². The van der Waals surface area contributed by atoms with Crippen molar-refractivity contribution in [3.63, 3.8) is 0 Å². The Kier molecular flexibility index (Phi) is 6.32. The number of fused-ring (bicyclic) bond motifs is 1. The minimum absolute atomic E-state index is 0.257. The SMILES string of the molecule is CC1CC=c2nc(-c3cncc(C(C)C#N)c3)nc(NCc3ccccn3)c2=C1c1ccccc1. The Morgan fingerprint density at radius 1 is 1.06 bits per heavy atom. The standard InChI is InChI=1S/C29H26N6/c1-19-11-12-25-27(26(19)21-8-4-3-5-9-21)29(33-18-24-10-6-7-13-32-24)35-28(34-25)23-14-22(16-31-17-23)20(2)15-30/h3-10,12-14,16-17,19-20H,11,18H2,1-2H3,(H,33,34,35). The first kappa shape index (κ1) is 22.4. The second-order valence-electron chi connectivity index (χ2n) is 8.81. The summed E-state index contributed by atoms with van der Waals surface area (Å²) in [6.45, 7) is 4.66. The number of nitrogens with zero attached hydrogens (tertiary/aromatic N) is 5. The molecule has 1 aromatic carbocycles. The third kappa shape index (κ3) is 4.67. The Morgan fingerprint density at radius 3 is 2.66 bits per heavy atom. The molecule has 0 bridgehead atoms. The Balaban J connectivity index is 1.71. The second-order valence-corrected chi connectivity index (χ2v) is 8.81. The molecule has 2 atom stereocenters. The van der Waals surface area contributed by atoms with Crippen molar-refractivity contribution < 1.29 is 0 Å². The van der Waals surface area contributed by atoms with E-state index >= 15 is 0 Å². The van der Waals surface area contributed by atoms with Gasteiger partial charge in [0.2, 0.25) is 0 Å². The predicted octanol–water partition coefficient (Wildman–Crippen LogP) is 4.19. The number of pyridine rings is 2. The van der Waals surface area contributed by atoms with E-state index in [4.69, 9.17) is 9.97 Å². The van der Waals surface area contributed by atoms with Crippen LogP contribution in [0.4, 0.5) is 5.82 Å². The van der Waals surface area contributed by atoms with Crippen molar-refractivity contribution >= 4 is 17.5 Å². The number of nitriles is 1. The molecule has 35 heavy (non-hydrogen) atoms. The maximum absolute atomic E-state index is 9.36. The van der Waals surface area contributed by atoms with Crippen LogP contribution in [0.1, 0.15) is 43.0 Å². The molecule has 172 valence electrons. The number of anilines is 1. The zero-order valence-corrected chi connectivity index (χ0v) is 19.8. The van der Waals surface area contributed by atoms with Gasteiger partial charge in [-0.15, -0.1) is 0 Å². The van der Waals surface area contributed by atoms with E-state index in [9.17, 15) is 5.26 Å². The molecule has 2 unspecified atom stereocenters. The first-order valence-corrected chi connectivity index (χ1v) is 11.8. The van der Waals surface area contributed by atoms with Gasteiger partial charge in [-0.05, 0) is 54.2 Å². The molecule has 3 heterocycles. The van der Waals surface area contributed by atoms with Crippen LogP contribution < -0.4 is 15.9 Å². The second kappa shape index (κ2) is 9.86. The number of hydrogen-bond acceptors (Lipinski definition) is 6. The summed E-state index contributed by atoms with van der Waals surface area (Å²) < 4.78 is 0. The molecule has 0 aliphatic heterocycles. The molecule has 0 spiro atoms. The largest absolute Gasteiger partial charge is 0.364 e. The lowest BCUT2D eigenvalue weighted by Crippen LogP contribution is -2.39. The molecule has 1 aliphatic rings. The van der Waals surface area contributed by atoms with Crippen LogP contribution in [-0.4, -0.2) is 19.9 Å². The average Bonchev–Trinajstić information content (AvgIpc) is 2.92. The fourth-order valence-electron chi connectivity index (χ4n) is 4.42. The van der Waals surface area contributed by atoms with Gasteiger partial charge in [0.05, 0.1) is 29.6 Å². The topological polar surface area (TPSA) is 87.4 Å². The van der Waals surface area contributed by atoms with Crippen molar-refractivity contribution in [2.45, 2.75) is 32.7 Å². The molecule has 0 saturated carbocycles. The van der Waals surface area contributed by atoms with Gasteiger partial charge >= 0.3 is 0 Å². The summed E-state index contributed by atoms with van der Waals surface area (Å²) in [6.07, 6.45) is 8.37. The number of benzene rings is 1. The molecule has 0 radical (unpaired) electrons. The van der Waals surface area contributed by atoms with Gasteiger partial charge in [0.1, 0.15) is 5.82 Å². The highest BCUT2D eigenvalue weighted by molar-refractivity contribution is 5.73. The molecule has 1 N–H and O–H groups in total. The molecule has 4 aromatic rings. The van der Waals surface area contributed by atoms with Crippen molar-refractivity contribution in [1.82, 2.24) is 19.9 Å². The van der Waals surface area contributed by atoms with E-state index in [-0.39, 0.29) is 5.92 Å². The van der Waals surface area contributed by atoms with Gasteiger partial charge in [0, 0.05) is 29.4 Å². The van der Waals surface area contributed by atoms with Gasteiger partial charge in [-0.1, -0.05) is 49.4 Å². The predicted molar refractivity (Wildman–Crippen MR) is 137 cm³/mol. The molecule has 0 amide bonds. The van der Waals surface area contributed by atoms with Gasteiger partial charge in [-0.25, -0.2) is 9.97 Å². The molecule has 5 rings (SSSR count). The van der Waals surface area contributed by atoms with Gasteiger partial charge < -0.3 is 5.32 Å². The monoisotopic (exact) mass is 458 g/mol. The van der Waals surface area contributed by atoms with E-state index in [0.717, 1.165) is 39.6 Å². The van der Waals surface area contributed by atoms with Crippen LogP contribution in [0.15, 0.2) is 73.2 Å². The van der Waals surface area contributed by atoms with Crippen LogP contribution in [0, 0.1) is 17.2 Å². The van der Waals surface area contributed by atoms with Crippen molar-refractivity contribution in [2.24, 2.45) is 5.92 Å². The van der Waals surface area contributed by atoms with E-state index in [1.54, 1.807) is 18.6 Å². The first-order valence-electron chi connectivity index (χ1n) is 11.8. The van der Waals surface area contributed by atoms with E-state index in [1.807, 2.05) is 37.3 Å². The number of rotatable bonds is 6. The maximum Gasteiger partial charge on any atom is 0.163 e. The minimum atomic E-state index is -0.257. The van der Waals surface area contributed by atoms with Crippen molar-refractivity contribution in [2.75, 3.05) is 5.32 Å². The minimum Gasteiger partial charge on any atom is -0.364 e. The van der Waals surface area contributed by atoms with E-state index in [1.165, 1.54) is 11.1 Å². The fraction of sp³-hybridized carbons (Fsp3) is 0.207. The lowest BCUT2D eigenvalue weighted by atomic mass is 9.86. The summed E-state index contributed by atoms with van der Waals surface area (Å²) >= 11 is 0. The zero-order chi connectivity index (χ0) is 24.2. The molecule has 6 nitrogen and oxygen atoms in total. The zero-order valence-electron chi connectivity index (χ0n) is 19.8. The number of nitrogens with one attached hydrogen (secondary N) is 1. The smallest absolute Gasteiger partial charge is 0.163 e. The normalized spacial score (nSPS) is 15.5. The maximum atomic E-state index is 9.36.